The lowest BCUT2D eigenvalue weighted by Gasteiger charge is -2.13. The molecule has 0 saturated carbocycles. The van der Waals surface area contributed by atoms with Crippen LogP contribution < -0.4 is 0 Å². The predicted octanol–water partition coefficient (Wildman–Crippen LogP) is 4.54. The number of hydrogen-bond acceptors (Lipinski definition) is 5. The third-order valence-corrected chi connectivity index (χ3v) is 3.84. The maximum absolute atomic E-state index is 13.3. The van der Waals surface area contributed by atoms with E-state index in [9.17, 15) is 13.2 Å². The lowest BCUT2D eigenvalue weighted by atomic mass is 10.1. The molecular weight excluding hydrogens is 327 g/mol. The summed E-state index contributed by atoms with van der Waals surface area (Å²) < 4.78 is 45.1. The van der Waals surface area contributed by atoms with E-state index in [1.807, 2.05) is 6.07 Å². The van der Waals surface area contributed by atoms with Gasteiger partial charge in [0.05, 0.1) is 22.4 Å². The highest BCUT2D eigenvalue weighted by Crippen LogP contribution is 2.38. The SMILES string of the molecule is Cc1ccc(-c2cc(C(F)(F)F)c(C#N)c(S[C@H](C)C#N)n2)o1. The van der Waals surface area contributed by atoms with E-state index < -0.39 is 22.6 Å². The van der Waals surface area contributed by atoms with Crippen LogP contribution in [-0.4, -0.2) is 10.2 Å². The number of thioether (sulfide) groups is 1. The topological polar surface area (TPSA) is 73.6 Å². The monoisotopic (exact) mass is 337 g/mol. The molecule has 0 unspecified atom stereocenters. The van der Waals surface area contributed by atoms with Gasteiger partial charge in [0.25, 0.3) is 0 Å². The van der Waals surface area contributed by atoms with E-state index in [0.29, 0.717) is 5.76 Å². The Morgan fingerprint density at radius 1 is 1.30 bits per heavy atom. The predicted molar refractivity (Wildman–Crippen MR) is 77.3 cm³/mol. The third-order valence-electron chi connectivity index (χ3n) is 2.87. The average Bonchev–Trinajstić information content (AvgIpc) is 2.92. The Balaban J connectivity index is 2.69. The summed E-state index contributed by atoms with van der Waals surface area (Å²) in [4.78, 5) is 4.08. The Labute approximate surface area is 134 Å². The van der Waals surface area contributed by atoms with Gasteiger partial charge in [0.15, 0.2) is 5.76 Å². The van der Waals surface area contributed by atoms with Crippen molar-refractivity contribution in [2.75, 3.05) is 0 Å². The summed E-state index contributed by atoms with van der Waals surface area (Å²) in [5.41, 5.74) is -1.71. The zero-order chi connectivity index (χ0) is 17.2. The molecule has 0 spiro atoms. The molecule has 0 aromatic carbocycles. The maximum atomic E-state index is 13.3. The van der Waals surface area contributed by atoms with Crippen LogP contribution in [0.1, 0.15) is 23.8 Å². The smallest absolute Gasteiger partial charge is 0.417 e. The first-order valence-corrected chi connectivity index (χ1v) is 7.29. The molecule has 4 nitrogen and oxygen atoms in total. The average molecular weight is 337 g/mol. The van der Waals surface area contributed by atoms with Crippen molar-refractivity contribution in [3.05, 3.63) is 35.1 Å². The largest absolute Gasteiger partial charge is 0.460 e. The fraction of sp³-hybridized carbons (Fsp3) is 0.267. The third kappa shape index (κ3) is 3.66. The fourth-order valence-electron chi connectivity index (χ4n) is 1.83. The van der Waals surface area contributed by atoms with E-state index in [2.05, 4.69) is 4.98 Å². The summed E-state index contributed by atoms with van der Waals surface area (Å²) >= 11 is 0.804. The zero-order valence-corrected chi connectivity index (χ0v) is 12.9. The molecule has 8 heteroatoms. The molecule has 0 radical (unpaired) electrons. The van der Waals surface area contributed by atoms with E-state index in [4.69, 9.17) is 14.9 Å². The quantitative estimate of drug-likeness (QED) is 0.769. The van der Waals surface area contributed by atoms with Gasteiger partial charge >= 0.3 is 6.18 Å². The standard InChI is InChI=1S/C15H10F3N3OS/c1-8-3-4-13(22-8)12-5-11(15(16,17)18)10(7-20)14(21-12)23-9(2)6-19/h3-5,9H,1-2H3/t9-/m1/s1. The molecule has 0 amide bonds. The van der Waals surface area contributed by atoms with Crippen molar-refractivity contribution in [1.82, 2.24) is 4.98 Å². The number of aromatic nitrogens is 1. The Kier molecular flexibility index (Phi) is 4.67. The van der Waals surface area contributed by atoms with Gasteiger partial charge in [-0.05, 0) is 32.0 Å². The lowest BCUT2D eigenvalue weighted by molar-refractivity contribution is -0.138. The highest BCUT2D eigenvalue weighted by molar-refractivity contribution is 8.00. The van der Waals surface area contributed by atoms with Gasteiger partial charge in [-0.1, -0.05) is 11.8 Å². The molecule has 0 saturated heterocycles. The van der Waals surface area contributed by atoms with Crippen molar-refractivity contribution in [2.24, 2.45) is 0 Å². The second-order valence-corrected chi connectivity index (χ2v) is 5.97. The number of nitriles is 2. The van der Waals surface area contributed by atoms with E-state index in [-0.39, 0.29) is 16.5 Å². The molecule has 0 aliphatic rings. The van der Waals surface area contributed by atoms with Crippen LogP contribution in [-0.2, 0) is 6.18 Å². The normalized spacial score (nSPS) is 12.5. The van der Waals surface area contributed by atoms with Crippen LogP contribution in [0.2, 0.25) is 0 Å². The van der Waals surface area contributed by atoms with Crippen LogP contribution >= 0.6 is 11.8 Å². The molecule has 0 aliphatic carbocycles. The van der Waals surface area contributed by atoms with Crippen molar-refractivity contribution < 1.29 is 17.6 Å². The number of nitrogens with zero attached hydrogens (tertiary/aromatic N) is 3. The van der Waals surface area contributed by atoms with E-state index in [0.717, 1.165) is 17.8 Å². The second kappa shape index (κ2) is 6.35. The van der Waals surface area contributed by atoms with Crippen molar-refractivity contribution in [3.63, 3.8) is 0 Å². The first-order valence-electron chi connectivity index (χ1n) is 6.41. The molecule has 2 heterocycles. The van der Waals surface area contributed by atoms with E-state index in [1.54, 1.807) is 19.1 Å². The van der Waals surface area contributed by atoms with Crippen LogP contribution in [0.25, 0.3) is 11.5 Å². The van der Waals surface area contributed by atoms with Crippen LogP contribution in [0.3, 0.4) is 0 Å². The first kappa shape index (κ1) is 16.9. The fourth-order valence-corrected chi connectivity index (χ4v) is 2.64. The van der Waals surface area contributed by atoms with E-state index in [1.165, 1.54) is 13.0 Å². The molecule has 0 fully saturated rings. The number of alkyl halides is 3. The lowest BCUT2D eigenvalue weighted by Crippen LogP contribution is -2.11. The number of aryl methyl sites for hydroxylation is 1. The van der Waals surface area contributed by atoms with Crippen molar-refractivity contribution in [1.29, 1.82) is 10.5 Å². The minimum atomic E-state index is -4.71. The molecular formula is C15H10F3N3OS. The van der Waals surface area contributed by atoms with Crippen molar-refractivity contribution >= 4 is 11.8 Å². The molecule has 2 aromatic heterocycles. The number of furan rings is 1. The highest BCUT2D eigenvalue weighted by Gasteiger charge is 2.36. The van der Waals surface area contributed by atoms with Crippen LogP contribution in [0.5, 0.6) is 0 Å². The Bertz CT molecular complexity index is 815. The Hall–Kier alpha value is -2.45. The van der Waals surface area contributed by atoms with Gasteiger partial charge in [-0.2, -0.15) is 23.7 Å². The summed E-state index contributed by atoms with van der Waals surface area (Å²) in [6.07, 6.45) is -4.71. The molecule has 23 heavy (non-hydrogen) atoms. The highest BCUT2D eigenvalue weighted by atomic mass is 32.2. The summed E-state index contributed by atoms with van der Waals surface area (Å²) in [6.45, 7) is 3.18. The second-order valence-electron chi connectivity index (χ2n) is 4.64. The summed E-state index contributed by atoms with van der Waals surface area (Å²) in [6, 6.07) is 7.34. The zero-order valence-electron chi connectivity index (χ0n) is 12.1. The van der Waals surface area contributed by atoms with Crippen molar-refractivity contribution in [3.8, 4) is 23.6 Å². The van der Waals surface area contributed by atoms with Gasteiger partial charge in [-0.15, -0.1) is 0 Å². The molecule has 2 aromatic rings. The molecule has 0 bridgehead atoms. The number of pyridine rings is 1. The van der Waals surface area contributed by atoms with Gasteiger partial charge < -0.3 is 4.42 Å². The van der Waals surface area contributed by atoms with Crippen molar-refractivity contribution in [2.45, 2.75) is 30.3 Å². The summed E-state index contributed by atoms with van der Waals surface area (Å²) in [7, 11) is 0. The Morgan fingerprint density at radius 3 is 2.48 bits per heavy atom. The van der Waals surface area contributed by atoms with Gasteiger partial charge in [-0.25, -0.2) is 4.98 Å². The minimum Gasteiger partial charge on any atom is -0.460 e. The number of rotatable bonds is 3. The van der Waals surface area contributed by atoms with Crippen LogP contribution in [0.4, 0.5) is 13.2 Å². The first-order chi connectivity index (χ1) is 10.8. The Morgan fingerprint density at radius 2 is 2.00 bits per heavy atom. The minimum absolute atomic E-state index is 0.0305. The van der Waals surface area contributed by atoms with Gasteiger partial charge in [0.2, 0.25) is 0 Å². The van der Waals surface area contributed by atoms with Crippen LogP contribution in [0, 0.1) is 29.6 Å². The number of hydrogen-bond donors (Lipinski definition) is 0. The molecule has 0 aliphatic heterocycles. The molecule has 1 atom stereocenters. The molecule has 118 valence electrons. The summed E-state index contributed by atoms with van der Waals surface area (Å²) in [5, 5.41) is 17.2. The summed E-state index contributed by atoms with van der Waals surface area (Å²) in [5.74, 6) is 0.697. The maximum Gasteiger partial charge on any atom is 0.417 e. The molecule has 0 N–H and O–H groups in total. The van der Waals surface area contributed by atoms with E-state index >= 15 is 0 Å². The molecule has 2 rings (SSSR count). The van der Waals surface area contributed by atoms with Gasteiger partial charge in [0, 0.05) is 0 Å². The van der Waals surface area contributed by atoms with Crippen LogP contribution in [0.15, 0.2) is 27.6 Å². The number of halogens is 3. The van der Waals surface area contributed by atoms with Gasteiger partial charge in [-0.3, -0.25) is 0 Å². The van der Waals surface area contributed by atoms with Gasteiger partial charge in [0.1, 0.15) is 22.5 Å².